The number of Topliss-reactive ketones (excluding diaryl/α,β-unsaturated/α-hetero) is 1. The number of ketones is 1. The minimum absolute atomic E-state index is 0.00562. The highest BCUT2D eigenvalue weighted by molar-refractivity contribution is 9.10. The van der Waals surface area contributed by atoms with Crippen LogP contribution in [0.5, 0.6) is 0 Å². The van der Waals surface area contributed by atoms with Gasteiger partial charge in [-0.05, 0) is 66.2 Å². The molecule has 0 aliphatic heterocycles. The summed E-state index contributed by atoms with van der Waals surface area (Å²) < 4.78 is 14.3. The first-order valence-electron chi connectivity index (χ1n) is 11.5. The SMILES string of the molecule is O=C(Nc1cccc(SCC(=O)c2ccc(Br)cc2)c1)/C(=C/c1ccc(F)cc1)NC(=O)c1ccccc1. The van der Waals surface area contributed by atoms with E-state index in [-0.39, 0.29) is 17.2 Å². The Morgan fingerprint density at radius 1 is 0.816 bits per heavy atom. The van der Waals surface area contributed by atoms with E-state index in [9.17, 15) is 18.8 Å². The summed E-state index contributed by atoms with van der Waals surface area (Å²) in [6.07, 6.45) is 1.48. The normalized spacial score (nSPS) is 11.1. The summed E-state index contributed by atoms with van der Waals surface area (Å²) in [6.45, 7) is 0. The zero-order valence-electron chi connectivity index (χ0n) is 20.0. The van der Waals surface area contributed by atoms with E-state index in [0.29, 0.717) is 22.4 Å². The summed E-state index contributed by atoms with van der Waals surface area (Å²) in [7, 11) is 0. The number of benzene rings is 4. The monoisotopic (exact) mass is 588 g/mol. The average molecular weight is 589 g/mol. The van der Waals surface area contributed by atoms with Gasteiger partial charge in [0.15, 0.2) is 5.78 Å². The first kappa shape index (κ1) is 27.0. The predicted octanol–water partition coefficient (Wildman–Crippen LogP) is 6.97. The second-order valence-corrected chi connectivity index (χ2v) is 10.1. The summed E-state index contributed by atoms with van der Waals surface area (Å²) in [4.78, 5) is 39.3. The molecule has 5 nitrogen and oxygen atoms in total. The van der Waals surface area contributed by atoms with Crippen LogP contribution in [0.2, 0.25) is 0 Å². The molecule has 4 rings (SSSR count). The van der Waals surface area contributed by atoms with Crippen LogP contribution in [0, 0.1) is 5.82 Å². The van der Waals surface area contributed by atoms with Crippen LogP contribution in [0.15, 0.2) is 118 Å². The fraction of sp³-hybridized carbons (Fsp3) is 0.0333. The Kier molecular flexibility index (Phi) is 9.24. The summed E-state index contributed by atoms with van der Waals surface area (Å²) in [6, 6.07) is 28.4. The van der Waals surface area contributed by atoms with Crippen molar-refractivity contribution in [3.8, 4) is 0 Å². The van der Waals surface area contributed by atoms with Gasteiger partial charge in [-0.1, -0.05) is 64.5 Å². The third-order valence-corrected chi connectivity index (χ3v) is 6.86. The van der Waals surface area contributed by atoms with Crippen molar-refractivity contribution in [2.45, 2.75) is 4.90 Å². The Hall–Kier alpha value is -4.01. The second kappa shape index (κ2) is 13.0. The number of rotatable bonds is 9. The van der Waals surface area contributed by atoms with Crippen LogP contribution in [0.25, 0.3) is 6.08 Å². The van der Waals surface area contributed by atoms with Gasteiger partial charge in [0.05, 0.1) is 5.75 Å². The molecule has 2 amide bonds. The Morgan fingerprint density at radius 3 is 2.24 bits per heavy atom. The van der Waals surface area contributed by atoms with Crippen LogP contribution in [0.4, 0.5) is 10.1 Å². The zero-order valence-corrected chi connectivity index (χ0v) is 22.4. The Bertz CT molecular complexity index is 1470. The number of anilines is 1. The molecule has 0 heterocycles. The van der Waals surface area contributed by atoms with Gasteiger partial charge in [-0.3, -0.25) is 14.4 Å². The van der Waals surface area contributed by atoms with Crippen LogP contribution in [-0.2, 0) is 4.79 Å². The summed E-state index contributed by atoms with van der Waals surface area (Å²) in [5.41, 5.74) is 2.04. The van der Waals surface area contributed by atoms with Crippen LogP contribution in [0.3, 0.4) is 0 Å². The van der Waals surface area contributed by atoms with Crippen LogP contribution < -0.4 is 10.6 Å². The minimum Gasteiger partial charge on any atom is -0.321 e. The van der Waals surface area contributed by atoms with E-state index in [1.807, 2.05) is 18.2 Å². The van der Waals surface area contributed by atoms with E-state index in [1.54, 1.807) is 60.7 Å². The molecule has 0 atom stereocenters. The van der Waals surface area contributed by atoms with Crippen molar-refractivity contribution in [1.29, 1.82) is 0 Å². The van der Waals surface area contributed by atoms with Gasteiger partial charge < -0.3 is 10.6 Å². The van der Waals surface area contributed by atoms with Gasteiger partial charge in [0.1, 0.15) is 11.5 Å². The highest BCUT2D eigenvalue weighted by atomic mass is 79.9. The minimum atomic E-state index is -0.549. The lowest BCUT2D eigenvalue weighted by Crippen LogP contribution is -2.30. The number of hydrogen-bond donors (Lipinski definition) is 2. The molecule has 0 unspecified atom stereocenters. The molecule has 0 radical (unpaired) electrons. The molecule has 0 aliphatic carbocycles. The number of halogens is 2. The largest absolute Gasteiger partial charge is 0.321 e. The molecular weight excluding hydrogens is 567 g/mol. The fourth-order valence-corrected chi connectivity index (χ4v) is 4.51. The number of amides is 2. The van der Waals surface area contributed by atoms with Crippen LogP contribution in [0.1, 0.15) is 26.3 Å². The molecule has 190 valence electrons. The van der Waals surface area contributed by atoms with Gasteiger partial charge in [-0.15, -0.1) is 11.8 Å². The molecule has 0 saturated carbocycles. The van der Waals surface area contributed by atoms with E-state index in [1.165, 1.54) is 42.1 Å². The third-order valence-electron chi connectivity index (χ3n) is 5.34. The van der Waals surface area contributed by atoms with Gasteiger partial charge in [-0.25, -0.2) is 4.39 Å². The van der Waals surface area contributed by atoms with Gasteiger partial charge in [0.25, 0.3) is 11.8 Å². The number of nitrogens with one attached hydrogen (secondary N) is 2. The van der Waals surface area contributed by atoms with Crippen molar-refractivity contribution in [1.82, 2.24) is 5.32 Å². The van der Waals surface area contributed by atoms with Crippen molar-refractivity contribution in [3.63, 3.8) is 0 Å². The molecule has 0 bridgehead atoms. The number of thioether (sulfide) groups is 1. The first-order chi connectivity index (χ1) is 18.4. The molecular formula is C30H22BrFN2O3S. The van der Waals surface area contributed by atoms with E-state index >= 15 is 0 Å². The summed E-state index contributed by atoms with van der Waals surface area (Å²) in [5, 5.41) is 5.45. The van der Waals surface area contributed by atoms with E-state index in [0.717, 1.165) is 9.37 Å². The highest BCUT2D eigenvalue weighted by Gasteiger charge is 2.16. The number of carbonyl (C=O) groups is 3. The zero-order chi connectivity index (χ0) is 26.9. The van der Waals surface area contributed by atoms with E-state index in [2.05, 4.69) is 26.6 Å². The standard InChI is InChI=1S/C30H22BrFN2O3S/c31-23-13-11-21(12-14-23)28(35)19-38-26-8-4-7-25(18-26)33-30(37)27(17-20-9-15-24(32)16-10-20)34-29(36)22-5-2-1-3-6-22/h1-18H,19H2,(H,33,37)(H,34,36)/b27-17-. The molecule has 0 saturated heterocycles. The quantitative estimate of drug-likeness (QED) is 0.126. The first-order valence-corrected chi connectivity index (χ1v) is 13.3. The molecule has 0 spiro atoms. The van der Waals surface area contributed by atoms with Crippen molar-refractivity contribution < 1.29 is 18.8 Å². The average Bonchev–Trinajstić information content (AvgIpc) is 2.93. The highest BCUT2D eigenvalue weighted by Crippen LogP contribution is 2.23. The molecule has 38 heavy (non-hydrogen) atoms. The Labute approximate surface area is 232 Å². The lowest BCUT2D eigenvalue weighted by Gasteiger charge is -2.12. The topological polar surface area (TPSA) is 75.3 Å². The smallest absolute Gasteiger partial charge is 0.272 e. The number of hydrogen-bond acceptors (Lipinski definition) is 4. The second-order valence-electron chi connectivity index (χ2n) is 8.13. The van der Waals surface area contributed by atoms with Crippen molar-refractivity contribution in [3.05, 3.63) is 136 Å². The van der Waals surface area contributed by atoms with Crippen LogP contribution in [-0.4, -0.2) is 23.4 Å². The van der Waals surface area contributed by atoms with Gasteiger partial charge in [0.2, 0.25) is 0 Å². The molecule has 0 aromatic heterocycles. The lowest BCUT2D eigenvalue weighted by molar-refractivity contribution is -0.113. The van der Waals surface area contributed by atoms with Gasteiger partial charge >= 0.3 is 0 Å². The maximum Gasteiger partial charge on any atom is 0.272 e. The van der Waals surface area contributed by atoms with E-state index < -0.39 is 17.6 Å². The summed E-state index contributed by atoms with van der Waals surface area (Å²) >= 11 is 4.72. The Balaban J connectivity index is 1.48. The van der Waals surface area contributed by atoms with Crippen molar-refractivity contribution in [2.24, 2.45) is 0 Å². The van der Waals surface area contributed by atoms with Gasteiger partial charge in [0, 0.05) is 26.2 Å². The van der Waals surface area contributed by atoms with Crippen molar-refractivity contribution in [2.75, 3.05) is 11.1 Å². The van der Waals surface area contributed by atoms with E-state index in [4.69, 9.17) is 0 Å². The molecule has 4 aromatic rings. The van der Waals surface area contributed by atoms with Gasteiger partial charge in [-0.2, -0.15) is 0 Å². The Morgan fingerprint density at radius 2 is 1.53 bits per heavy atom. The van der Waals surface area contributed by atoms with Crippen LogP contribution >= 0.6 is 27.7 Å². The number of carbonyl (C=O) groups excluding carboxylic acids is 3. The maximum absolute atomic E-state index is 13.4. The molecule has 2 N–H and O–H groups in total. The van der Waals surface area contributed by atoms with Crippen molar-refractivity contribution >= 4 is 57.1 Å². The maximum atomic E-state index is 13.4. The molecule has 0 fully saturated rings. The third kappa shape index (κ3) is 7.74. The summed E-state index contributed by atoms with van der Waals surface area (Å²) in [5.74, 6) is -1.18. The predicted molar refractivity (Wildman–Crippen MR) is 153 cm³/mol. The lowest BCUT2D eigenvalue weighted by atomic mass is 10.1. The molecule has 0 aliphatic rings. The molecule has 4 aromatic carbocycles. The molecule has 8 heteroatoms. The fourth-order valence-electron chi connectivity index (χ4n) is 3.40.